The standard InChI is InChI=1S/C16H18O2/c1-2-12-18-16(13-8-4-3-5-9-13)14-10-6-7-11-15(14)17/h3-11,16-17H,2,12H2,1H3. The molecule has 1 atom stereocenters. The fourth-order valence-corrected chi connectivity index (χ4v) is 1.94. The van der Waals surface area contributed by atoms with E-state index in [1.807, 2.05) is 48.5 Å². The molecule has 0 amide bonds. The first-order valence-corrected chi connectivity index (χ1v) is 6.27. The Morgan fingerprint density at radius 3 is 2.33 bits per heavy atom. The number of hydrogen-bond acceptors (Lipinski definition) is 2. The topological polar surface area (TPSA) is 29.5 Å². The number of rotatable bonds is 5. The molecule has 0 heterocycles. The normalized spacial score (nSPS) is 12.3. The van der Waals surface area contributed by atoms with Gasteiger partial charge in [0.2, 0.25) is 0 Å². The number of hydrogen-bond donors (Lipinski definition) is 1. The molecule has 0 aliphatic rings. The zero-order valence-electron chi connectivity index (χ0n) is 10.5. The molecule has 2 nitrogen and oxygen atoms in total. The van der Waals surface area contributed by atoms with E-state index < -0.39 is 0 Å². The lowest BCUT2D eigenvalue weighted by atomic mass is 10.0. The maximum atomic E-state index is 9.96. The summed E-state index contributed by atoms with van der Waals surface area (Å²) in [4.78, 5) is 0. The van der Waals surface area contributed by atoms with Crippen LogP contribution in [0.4, 0.5) is 0 Å². The number of phenols is 1. The summed E-state index contributed by atoms with van der Waals surface area (Å²) in [5.74, 6) is 0.280. The van der Waals surface area contributed by atoms with Crippen molar-refractivity contribution in [1.29, 1.82) is 0 Å². The monoisotopic (exact) mass is 242 g/mol. The smallest absolute Gasteiger partial charge is 0.121 e. The highest BCUT2D eigenvalue weighted by molar-refractivity contribution is 5.39. The predicted octanol–water partition coefficient (Wildman–Crippen LogP) is 3.91. The number of benzene rings is 2. The van der Waals surface area contributed by atoms with Gasteiger partial charge in [0.05, 0.1) is 0 Å². The van der Waals surface area contributed by atoms with Crippen LogP contribution in [0.5, 0.6) is 5.75 Å². The van der Waals surface area contributed by atoms with Crippen LogP contribution in [0.1, 0.15) is 30.6 Å². The Morgan fingerprint density at radius 2 is 1.67 bits per heavy atom. The van der Waals surface area contributed by atoms with Gasteiger partial charge in [-0.15, -0.1) is 0 Å². The van der Waals surface area contributed by atoms with Crippen LogP contribution in [0.3, 0.4) is 0 Å². The maximum absolute atomic E-state index is 9.96. The van der Waals surface area contributed by atoms with Crippen molar-refractivity contribution in [3.8, 4) is 5.75 Å². The first-order chi connectivity index (χ1) is 8.83. The van der Waals surface area contributed by atoms with E-state index in [-0.39, 0.29) is 11.9 Å². The summed E-state index contributed by atoms with van der Waals surface area (Å²) in [7, 11) is 0. The molecule has 2 aromatic carbocycles. The summed E-state index contributed by atoms with van der Waals surface area (Å²) in [6.45, 7) is 2.75. The van der Waals surface area contributed by atoms with Crippen molar-refractivity contribution in [2.24, 2.45) is 0 Å². The lowest BCUT2D eigenvalue weighted by molar-refractivity contribution is 0.0789. The highest BCUT2D eigenvalue weighted by Crippen LogP contribution is 2.31. The fourth-order valence-electron chi connectivity index (χ4n) is 1.94. The molecule has 0 saturated heterocycles. The quantitative estimate of drug-likeness (QED) is 0.861. The molecule has 0 bridgehead atoms. The second-order valence-electron chi connectivity index (χ2n) is 4.22. The Labute approximate surface area is 108 Å². The van der Waals surface area contributed by atoms with Gasteiger partial charge in [-0.05, 0) is 18.1 Å². The third-order valence-corrected chi connectivity index (χ3v) is 2.81. The Balaban J connectivity index is 2.34. The number of aromatic hydroxyl groups is 1. The molecule has 0 aliphatic heterocycles. The third kappa shape index (κ3) is 2.90. The zero-order chi connectivity index (χ0) is 12.8. The summed E-state index contributed by atoms with van der Waals surface area (Å²) in [6.07, 6.45) is 0.754. The Morgan fingerprint density at radius 1 is 1.00 bits per heavy atom. The lowest BCUT2D eigenvalue weighted by Crippen LogP contribution is -2.07. The largest absolute Gasteiger partial charge is 0.508 e. The van der Waals surface area contributed by atoms with Crippen LogP contribution in [0.25, 0.3) is 0 Å². The van der Waals surface area contributed by atoms with Crippen molar-refractivity contribution in [3.05, 3.63) is 65.7 Å². The molecule has 1 N–H and O–H groups in total. The molecule has 1 unspecified atom stereocenters. The van der Waals surface area contributed by atoms with Crippen molar-refractivity contribution in [2.75, 3.05) is 6.61 Å². The summed E-state index contributed by atoms with van der Waals surface area (Å²) < 4.78 is 5.88. The minimum atomic E-state index is -0.202. The minimum absolute atomic E-state index is 0.202. The second-order valence-corrected chi connectivity index (χ2v) is 4.22. The van der Waals surface area contributed by atoms with E-state index in [1.54, 1.807) is 6.07 Å². The Bertz CT molecular complexity index is 479. The van der Waals surface area contributed by atoms with Crippen molar-refractivity contribution >= 4 is 0 Å². The van der Waals surface area contributed by atoms with Gasteiger partial charge in [0.15, 0.2) is 0 Å². The SMILES string of the molecule is CCCOC(c1ccccc1)c1ccccc1O. The second kappa shape index (κ2) is 6.22. The van der Waals surface area contributed by atoms with Gasteiger partial charge in [-0.1, -0.05) is 55.5 Å². The van der Waals surface area contributed by atoms with Gasteiger partial charge in [-0.25, -0.2) is 0 Å². The number of para-hydroxylation sites is 1. The van der Waals surface area contributed by atoms with Crippen molar-refractivity contribution < 1.29 is 9.84 Å². The molecule has 2 rings (SSSR count). The van der Waals surface area contributed by atoms with Crippen LogP contribution in [0.2, 0.25) is 0 Å². The van der Waals surface area contributed by atoms with Crippen molar-refractivity contribution in [2.45, 2.75) is 19.4 Å². The van der Waals surface area contributed by atoms with E-state index in [0.717, 1.165) is 17.5 Å². The predicted molar refractivity (Wildman–Crippen MR) is 72.6 cm³/mol. The van der Waals surface area contributed by atoms with E-state index >= 15 is 0 Å². The van der Waals surface area contributed by atoms with Gasteiger partial charge < -0.3 is 9.84 Å². The first-order valence-electron chi connectivity index (χ1n) is 6.27. The molecule has 0 radical (unpaired) electrons. The van der Waals surface area contributed by atoms with Gasteiger partial charge in [0.1, 0.15) is 11.9 Å². The van der Waals surface area contributed by atoms with Crippen LogP contribution in [0, 0.1) is 0 Å². The molecule has 0 fully saturated rings. The minimum Gasteiger partial charge on any atom is -0.508 e. The Hall–Kier alpha value is -1.80. The average molecular weight is 242 g/mol. The molecule has 2 aromatic rings. The number of phenolic OH excluding ortho intramolecular Hbond substituents is 1. The molecule has 2 heteroatoms. The van der Waals surface area contributed by atoms with Crippen LogP contribution in [-0.2, 0) is 4.74 Å². The van der Waals surface area contributed by atoms with Gasteiger partial charge >= 0.3 is 0 Å². The van der Waals surface area contributed by atoms with Crippen LogP contribution in [0.15, 0.2) is 54.6 Å². The van der Waals surface area contributed by atoms with Crippen LogP contribution < -0.4 is 0 Å². The number of ether oxygens (including phenoxy) is 1. The van der Waals surface area contributed by atoms with E-state index in [4.69, 9.17) is 4.74 Å². The highest BCUT2D eigenvalue weighted by atomic mass is 16.5. The van der Waals surface area contributed by atoms with Crippen LogP contribution >= 0.6 is 0 Å². The van der Waals surface area contributed by atoms with E-state index in [1.165, 1.54) is 0 Å². The maximum Gasteiger partial charge on any atom is 0.121 e. The summed E-state index contributed by atoms with van der Waals surface area (Å²) in [6, 6.07) is 17.3. The van der Waals surface area contributed by atoms with Gasteiger partial charge in [0, 0.05) is 12.2 Å². The van der Waals surface area contributed by atoms with Crippen LogP contribution in [-0.4, -0.2) is 11.7 Å². The van der Waals surface area contributed by atoms with E-state index in [2.05, 4.69) is 6.92 Å². The molecule has 0 aromatic heterocycles. The highest BCUT2D eigenvalue weighted by Gasteiger charge is 2.17. The molecule has 0 aliphatic carbocycles. The van der Waals surface area contributed by atoms with Crippen molar-refractivity contribution in [1.82, 2.24) is 0 Å². The van der Waals surface area contributed by atoms with Crippen molar-refractivity contribution in [3.63, 3.8) is 0 Å². The molecule has 0 spiro atoms. The summed E-state index contributed by atoms with van der Waals surface area (Å²) >= 11 is 0. The zero-order valence-corrected chi connectivity index (χ0v) is 10.5. The molecule has 0 saturated carbocycles. The van der Waals surface area contributed by atoms with Gasteiger partial charge in [-0.2, -0.15) is 0 Å². The van der Waals surface area contributed by atoms with Gasteiger partial charge in [-0.3, -0.25) is 0 Å². The average Bonchev–Trinajstić information content (AvgIpc) is 2.42. The third-order valence-electron chi connectivity index (χ3n) is 2.81. The molecule has 94 valence electrons. The molecule has 18 heavy (non-hydrogen) atoms. The summed E-state index contributed by atoms with van der Waals surface area (Å²) in [5.41, 5.74) is 1.88. The molecular weight excluding hydrogens is 224 g/mol. The lowest BCUT2D eigenvalue weighted by Gasteiger charge is -2.19. The Kier molecular flexibility index (Phi) is 4.37. The fraction of sp³-hybridized carbons (Fsp3) is 0.250. The van der Waals surface area contributed by atoms with Gasteiger partial charge in [0.25, 0.3) is 0 Å². The first kappa shape index (κ1) is 12.7. The van der Waals surface area contributed by atoms with E-state index in [9.17, 15) is 5.11 Å². The van der Waals surface area contributed by atoms with E-state index in [0.29, 0.717) is 6.61 Å². The summed E-state index contributed by atoms with van der Waals surface area (Å²) in [5, 5.41) is 9.96. The molecular formula is C16H18O2.